The Labute approximate surface area is 333 Å². The monoisotopic (exact) mass is 808 g/mol. The number of methoxy groups -OCH3 is 1. The molecule has 6 rings (SSSR count). The lowest BCUT2D eigenvalue weighted by atomic mass is 10.1. The maximum Gasteiger partial charge on any atom is 0.307 e. The zero-order valence-electron chi connectivity index (χ0n) is 29.9. The lowest BCUT2D eigenvalue weighted by molar-refractivity contribution is -0.136. The van der Waals surface area contributed by atoms with E-state index in [0.29, 0.717) is 61.6 Å². The van der Waals surface area contributed by atoms with E-state index in [1.54, 1.807) is 86.1 Å². The number of carboxylic acids is 1. The van der Waals surface area contributed by atoms with Crippen LogP contribution in [0.5, 0.6) is 23.0 Å². The van der Waals surface area contributed by atoms with Crippen LogP contribution in [-0.4, -0.2) is 78.5 Å². The highest BCUT2D eigenvalue weighted by Gasteiger charge is 2.16. The number of carbonyl (C=O) groups excluding carboxylic acids is 1. The van der Waals surface area contributed by atoms with E-state index in [1.165, 1.54) is 12.1 Å². The van der Waals surface area contributed by atoms with Gasteiger partial charge in [0.05, 0.1) is 45.3 Å². The van der Waals surface area contributed by atoms with E-state index in [0.717, 1.165) is 39.3 Å². The second-order valence-electron chi connectivity index (χ2n) is 12.2. The van der Waals surface area contributed by atoms with Crippen molar-refractivity contribution in [3.63, 3.8) is 0 Å². The molecule has 0 unspecified atom stereocenters. The molecule has 0 bridgehead atoms. The first-order valence-corrected chi connectivity index (χ1v) is 18.4. The number of nitrogens with one attached hydrogen (secondary N) is 2. The van der Waals surface area contributed by atoms with Crippen molar-refractivity contribution in [3.8, 4) is 23.0 Å². The smallest absolute Gasteiger partial charge is 0.307 e. The number of nitrogens with zero attached hydrogens (tertiary/aromatic N) is 2. The topological polar surface area (TPSA) is 131 Å². The van der Waals surface area contributed by atoms with Crippen LogP contribution < -0.4 is 24.8 Å². The number of benzene rings is 4. The van der Waals surface area contributed by atoms with Crippen molar-refractivity contribution in [2.24, 2.45) is 0 Å². The van der Waals surface area contributed by atoms with Gasteiger partial charge >= 0.3 is 5.97 Å². The van der Waals surface area contributed by atoms with Crippen LogP contribution in [0.1, 0.15) is 17.5 Å². The second-order valence-corrected chi connectivity index (χ2v) is 13.4. The SMILES string of the molecule is COc1cc2c(Oc3ccc(NC(=S)NC(=O)Cc4ccccc4Cl)cc3F)ccnc2cc1OCCCN1CCOCC1.O=C(O)Cc1ccccc1Cl. The molecule has 1 fully saturated rings. The molecule has 0 aliphatic carbocycles. The Bertz CT molecular complexity index is 2120. The van der Waals surface area contributed by atoms with Crippen molar-refractivity contribution in [2.75, 3.05) is 51.9 Å². The van der Waals surface area contributed by atoms with Gasteiger partial charge in [0.15, 0.2) is 28.2 Å². The summed E-state index contributed by atoms with van der Waals surface area (Å²) >= 11 is 17.1. The molecule has 3 N–H and O–H groups in total. The standard InChI is InChI=1S/C32H32ClFN4O5S.C8H7ClO2/c1-40-29-19-23-26(20-30(29)42-14-4-11-38-12-15-41-16-13-38)35-10-9-27(23)43-28-8-7-22(18-25(28)34)36-32(44)37-31(39)17-21-5-2-3-6-24(21)33;9-7-4-2-1-3-6(7)5-8(10)11/h2-3,5-10,18-20H,4,11-17H2,1H3,(H2,36,37,39,44);1-4H,5H2,(H,10,11). The molecule has 55 heavy (non-hydrogen) atoms. The van der Waals surface area contributed by atoms with Gasteiger partial charge in [-0.2, -0.15) is 0 Å². The first kappa shape index (κ1) is 41.1. The van der Waals surface area contributed by atoms with Crippen LogP contribution >= 0.6 is 35.4 Å². The van der Waals surface area contributed by atoms with Crippen molar-refractivity contribution >= 4 is 69.0 Å². The molecule has 288 valence electrons. The number of morpholine rings is 1. The summed E-state index contributed by atoms with van der Waals surface area (Å²) in [6, 6.07) is 23.5. The van der Waals surface area contributed by atoms with Gasteiger partial charge < -0.3 is 34.7 Å². The number of anilines is 1. The molecular weight excluding hydrogens is 770 g/mol. The van der Waals surface area contributed by atoms with Crippen molar-refractivity contribution in [1.29, 1.82) is 0 Å². The fourth-order valence-electron chi connectivity index (χ4n) is 5.52. The normalized spacial score (nSPS) is 12.6. The molecule has 0 radical (unpaired) electrons. The third-order valence-corrected chi connectivity index (χ3v) is 9.18. The summed E-state index contributed by atoms with van der Waals surface area (Å²) in [5, 5.41) is 15.5. The average Bonchev–Trinajstić information content (AvgIpc) is 3.16. The van der Waals surface area contributed by atoms with Gasteiger partial charge in [-0.1, -0.05) is 59.6 Å². The summed E-state index contributed by atoms with van der Waals surface area (Å²) in [4.78, 5) is 29.4. The number of hydrogen-bond acceptors (Lipinski definition) is 9. The number of carboxylic acid groups (broad SMARTS) is 1. The van der Waals surface area contributed by atoms with Crippen molar-refractivity contribution in [1.82, 2.24) is 15.2 Å². The summed E-state index contributed by atoms with van der Waals surface area (Å²) in [5.74, 6) is -0.351. The number of fused-ring (bicyclic) bond motifs is 1. The van der Waals surface area contributed by atoms with Gasteiger partial charge in [-0.25, -0.2) is 4.39 Å². The zero-order chi connectivity index (χ0) is 39.2. The Morgan fingerprint density at radius 1 is 0.909 bits per heavy atom. The van der Waals surface area contributed by atoms with Gasteiger partial charge in [0.2, 0.25) is 5.91 Å². The minimum absolute atomic E-state index is 0.000806. The predicted molar refractivity (Wildman–Crippen MR) is 214 cm³/mol. The van der Waals surface area contributed by atoms with Crippen LogP contribution in [0.2, 0.25) is 10.0 Å². The third-order valence-electron chi connectivity index (χ3n) is 8.24. The van der Waals surface area contributed by atoms with Crippen LogP contribution in [-0.2, 0) is 27.2 Å². The molecule has 1 aliphatic heterocycles. The number of carbonyl (C=O) groups is 2. The van der Waals surface area contributed by atoms with Crippen LogP contribution in [0.3, 0.4) is 0 Å². The van der Waals surface area contributed by atoms with E-state index in [-0.39, 0.29) is 29.6 Å². The second kappa shape index (κ2) is 20.6. The van der Waals surface area contributed by atoms with Gasteiger partial charge in [-0.15, -0.1) is 0 Å². The molecule has 1 aromatic heterocycles. The summed E-state index contributed by atoms with van der Waals surface area (Å²) < 4.78 is 38.1. The van der Waals surface area contributed by atoms with Crippen LogP contribution in [0.15, 0.2) is 91.1 Å². The maximum atomic E-state index is 15.1. The zero-order valence-corrected chi connectivity index (χ0v) is 32.2. The number of aromatic nitrogens is 1. The van der Waals surface area contributed by atoms with E-state index in [9.17, 15) is 9.59 Å². The molecule has 4 aromatic carbocycles. The predicted octanol–water partition coefficient (Wildman–Crippen LogP) is 7.95. The van der Waals surface area contributed by atoms with E-state index in [2.05, 4.69) is 20.5 Å². The molecule has 0 spiro atoms. The fourth-order valence-corrected chi connectivity index (χ4v) is 6.15. The number of pyridine rings is 1. The molecule has 1 saturated heterocycles. The van der Waals surface area contributed by atoms with Gasteiger partial charge in [-0.3, -0.25) is 19.5 Å². The molecule has 1 aliphatic rings. The van der Waals surface area contributed by atoms with Crippen molar-refractivity contribution in [3.05, 3.63) is 118 Å². The molecular formula is C40H39Cl2FN4O7S. The summed E-state index contributed by atoms with van der Waals surface area (Å²) in [7, 11) is 1.56. The number of aliphatic carboxylic acids is 1. The van der Waals surface area contributed by atoms with E-state index < -0.39 is 11.8 Å². The largest absolute Gasteiger partial charge is 0.493 e. The first-order chi connectivity index (χ1) is 26.6. The van der Waals surface area contributed by atoms with E-state index in [4.69, 9.17) is 59.5 Å². The van der Waals surface area contributed by atoms with Crippen molar-refractivity contribution < 1.29 is 38.0 Å². The first-order valence-electron chi connectivity index (χ1n) is 17.3. The number of ether oxygens (including phenoxy) is 4. The number of hydrogen-bond donors (Lipinski definition) is 3. The Morgan fingerprint density at radius 3 is 2.25 bits per heavy atom. The van der Waals surface area contributed by atoms with Crippen LogP contribution in [0, 0.1) is 5.82 Å². The highest BCUT2D eigenvalue weighted by molar-refractivity contribution is 7.80. The molecule has 11 nitrogen and oxygen atoms in total. The maximum absolute atomic E-state index is 15.1. The molecule has 15 heteroatoms. The molecule has 2 heterocycles. The quantitative estimate of drug-likeness (QED) is 0.0792. The summed E-state index contributed by atoms with van der Waals surface area (Å²) in [6.45, 7) is 4.85. The van der Waals surface area contributed by atoms with E-state index >= 15 is 4.39 Å². The number of amides is 1. The molecule has 0 saturated carbocycles. The minimum atomic E-state index is -0.863. The summed E-state index contributed by atoms with van der Waals surface area (Å²) in [6.07, 6.45) is 2.49. The molecule has 0 atom stereocenters. The highest BCUT2D eigenvalue weighted by atomic mass is 35.5. The van der Waals surface area contributed by atoms with Crippen LogP contribution in [0.25, 0.3) is 10.9 Å². The Morgan fingerprint density at radius 2 is 1.60 bits per heavy atom. The van der Waals surface area contributed by atoms with Crippen molar-refractivity contribution in [2.45, 2.75) is 19.3 Å². The van der Waals surface area contributed by atoms with Gasteiger partial charge in [0.25, 0.3) is 0 Å². The number of halogens is 3. The van der Waals surface area contributed by atoms with Gasteiger partial charge in [-0.05, 0) is 66.2 Å². The van der Waals surface area contributed by atoms with E-state index in [1.807, 2.05) is 0 Å². The Kier molecular flexibility index (Phi) is 15.4. The molecule has 5 aromatic rings. The Balaban J connectivity index is 0.000000454. The number of rotatable bonds is 13. The van der Waals surface area contributed by atoms with Gasteiger partial charge in [0, 0.05) is 59.1 Å². The Hall–Kier alpha value is -5.05. The number of thiocarbonyl (C=S) groups is 1. The lowest BCUT2D eigenvalue weighted by Crippen LogP contribution is -2.37. The third kappa shape index (κ3) is 12.5. The minimum Gasteiger partial charge on any atom is -0.493 e. The summed E-state index contributed by atoms with van der Waals surface area (Å²) in [5.41, 5.74) is 2.28. The van der Waals surface area contributed by atoms with Gasteiger partial charge in [0.1, 0.15) is 5.75 Å². The average molecular weight is 810 g/mol. The lowest BCUT2D eigenvalue weighted by Gasteiger charge is -2.26. The van der Waals surface area contributed by atoms with Crippen LogP contribution in [0.4, 0.5) is 10.1 Å². The fraction of sp³-hybridized carbons (Fsp3) is 0.250. The molecule has 1 amide bonds. The highest BCUT2D eigenvalue weighted by Crippen LogP contribution is 2.38.